The highest BCUT2D eigenvalue weighted by molar-refractivity contribution is 9.11. The van der Waals surface area contributed by atoms with Crippen molar-refractivity contribution in [3.63, 3.8) is 0 Å². The van der Waals surface area contributed by atoms with Crippen LogP contribution in [0.2, 0.25) is 5.02 Å². The van der Waals surface area contributed by atoms with Crippen molar-refractivity contribution >= 4 is 80.7 Å². The van der Waals surface area contributed by atoms with E-state index in [0.717, 1.165) is 41.8 Å². The van der Waals surface area contributed by atoms with Gasteiger partial charge < -0.3 is 35.2 Å². The summed E-state index contributed by atoms with van der Waals surface area (Å²) in [5, 5.41) is 22.7. The molecule has 0 bridgehead atoms. The lowest BCUT2D eigenvalue weighted by Crippen LogP contribution is -2.42. The second-order valence-corrected chi connectivity index (χ2v) is 16.8. The molecule has 2 heterocycles. The van der Waals surface area contributed by atoms with Gasteiger partial charge in [0.15, 0.2) is 6.61 Å². The van der Waals surface area contributed by atoms with Crippen LogP contribution < -0.4 is 20.9 Å². The van der Waals surface area contributed by atoms with Crippen LogP contribution in [0.4, 0.5) is 11.4 Å². The average molecular weight is 972 g/mol. The Bertz CT molecular complexity index is 2270. The van der Waals surface area contributed by atoms with Crippen LogP contribution in [0, 0.1) is 11.3 Å². The monoisotopic (exact) mass is 970 g/mol. The van der Waals surface area contributed by atoms with Gasteiger partial charge in [0, 0.05) is 72.8 Å². The maximum absolute atomic E-state index is 13.1. The Balaban J connectivity index is 0.932. The number of rotatable bonds is 22. The fraction of sp³-hybridized carbons (Fsp3) is 0.417. The van der Waals surface area contributed by atoms with Crippen LogP contribution in [0.25, 0.3) is 0 Å². The number of carbonyl (C=O) groups excluding carboxylic acids is 4. The van der Waals surface area contributed by atoms with Gasteiger partial charge in [-0.15, -0.1) is 0 Å². The van der Waals surface area contributed by atoms with Crippen molar-refractivity contribution in [2.24, 2.45) is 15.1 Å². The third kappa shape index (κ3) is 16.0. The van der Waals surface area contributed by atoms with Crippen LogP contribution in [0.15, 0.2) is 104 Å². The molecule has 4 atom stereocenters. The van der Waals surface area contributed by atoms with Gasteiger partial charge in [-0.2, -0.15) is 5.26 Å². The highest BCUT2D eigenvalue weighted by atomic mass is 79.9. The van der Waals surface area contributed by atoms with Gasteiger partial charge >= 0.3 is 0 Å². The number of amides is 4. The maximum Gasteiger partial charge on any atom is 0.262 e. The number of aliphatic imine (C=N–C) groups is 2. The minimum atomic E-state index is -0.424. The number of anilines is 1. The van der Waals surface area contributed by atoms with Crippen molar-refractivity contribution in [1.29, 1.82) is 5.26 Å². The van der Waals surface area contributed by atoms with E-state index >= 15 is 0 Å². The van der Waals surface area contributed by atoms with E-state index in [1.807, 2.05) is 74.7 Å². The van der Waals surface area contributed by atoms with Crippen LogP contribution in [0.5, 0.6) is 0 Å². The maximum atomic E-state index is 13.1. The van der Waals surface area contributed by atoms with Crippen molar-refractivity contribution in [2.75, 3.05) is 44.4 Å². The fourth-order valence-corrected chi connectivity index (χ4v) is 8.03. The number of allylic oxidation sites excluding steroid dienone is 2. The summed E-state index contributed by atoms with van der Waals surface area (Å²) in [6, 6.07) is 14.3. The molecule has 0 fully saturated rings. The van der Waals surface area contributed by atoms with Gasteiger partial charge in [0.05, 0.1) is 37.7 Å². The molecule has 0 aromatic heterocycles. The van der Waals surface area contributed by atoms with E-state index in [1.165, 1.54) is 6.92 Å². The summed E-state index contributed by atoms with van der Waals surface area (Å²) >= 11 is 9.38. The Hall–Kier alpha value is -5.73. The molecule has 3 aliphatic rings. The Kier molecular flexibility index (Phi) is 20.3. The average Bonchev–Trinajstić information content (AvgIpc) is 3.29. The molecule has 1 aliphatic carbocycles. The summed E-state index contributed by atoms with van der Waals surface area (Å²) in [5.41, 5.74) is 4.51. The number of benzene rings is 2. The molecular formula is C48H56BrClN8O7. The van der Waals surface area contributed by atoms with E-state index in [9.17, 15) is 24.4 Å². The number of fused-ring (bicyclic) bond motifs is 1. The molecule has 3 N–H and O–H groups in total. The van der Waals surface area contributed by atoms with E-state index in [-0.39, 0.29) is 80.3 Å². The summed E-state index contributed by atoms with van der Waals surface area (Å²) in [5.74, 6) is -1.23. The van der Waals surface area contributed by atoms with Crippen molar-refractivity contribution in [1.82, 2.24) is 16.0 Å². The molecule has 15 nitrogen and oxygen atoms in total. The topological polar surface area (TPSA) is 196 Å². The predicted octanol–water partition coefficient (Wildman–Crippen LogP) is 7.70. The molecule has 3 unspecified atom stereocenters. The summed E-state index contributed by atoms with van der Waals surface area (Å²) in [6.07, 6.45) is 17.5. The molecule has 344 valence electrons. The van der Waals surface area contributed by atoms with Crippen molar-refractivity contribution in [2.45, 2.75) is 89.8 Å². The highest BCUT2D eigenvalue weighted by Crippen LogP contribution is 2.39. The molecule has 0 spiro atoms. The standard InChI is InChI=1S/C48H56BrClN8O7/c1-4-7-43(57-48(62)36(29-51)27-40-8-5-9-45(49)56-40)34-10-17-41(18-11-34)64-23-6-20-55-65-31-46(60)52-21-24-63-25-22-53-47(61)35-12-19-44-42(28-35)37(26-32(2)58(44)33(3)59)30-54-39-15-13-38(50)14-16-39/h9-17,19-20,27-28,30,32,37,41,43H,4-8,18,21-26,31H2,1-3H3,(H,52,60)(H,53,61)(H,57,62)/b36-27+,54-30?,55-20+/t32-,37?,41?,43?/m0/s1. The zero-order valence-electron chi connectivity index (χ0n) is 36.9. The van der Waals surface area contributed by atoms with Gasteiger partial charge in [-0.25, -0.2) is 4.99 Å². The lowest BCUT2D eigenvalue weighted by molar-refractivity contribution is -0.126. The SMILES string of the molecule is CCCC(NC(=O)/C(C#N)=C/C1=NC(Br)=CCC1)C1=CCC(OCC/C=N/OCC(=O)NCCOCCNC(=O)c2ccc3c(c2)C(C=Nc2ccc(Cl)cc2)C[C@H](C)N3C(C)=O)C=C1. The van der Waals surface area contributed by atoms with Crippen LogP contribution in [-0.4, -0.2) is 99.5 Å². The molecule has 17 heteroatoms. The third-order valence-electron chi connectivity index (χ3n) is 10.6. The molecule has 2 aliphatic heterocycles. The second-order valence-electron chi connectivity index (χ2n) is 15.5. The Morgan fingerprint density at radius 1 is 1.09 bits per heavy atom. The lowest BCUT2D eigenvalue weighted by atomic mass is 9.85. The lowest BCUT2D eigenvalue weighted by Gasteiger charge is -2.38. The van der Waals surface area contributed by atoms with E-state index in [1.54, 1.807) is 35.4 Å². The van der Waals surface area contributed by atoms with E-state index in [2.05, 4.69) is 47.0 Å². The number of ether oxygens (including phenoxy) is 2. The Morgan fingerprint density at radius 2 is 1.88 bits per heavy atom. The highest BCUT2D eigenvalue weighted by Gasteiger charge is 2.32. The van der Waals surface area contributed by atoms with Crippen LogP contribution in [-0.2, 0) is 28.7 Å². The van der Waals surface area contributed by atoms with E-state index in [0.29, 0.717) is 53.2 Å². The first-order valence-corrected chi connectivity index (χ1v) is 23.0. The van der Waals surface area contributed by atoms with Crippen LogP contribution in [0.1, 0.15) is 87.6 Å². The molecule has 0 saturated carbocycles. The Labute approximate surface area is 393 Å². The summed E-state index contributed by atoms with van der Waals surface area (Å²) in [7, 11) is 0. The normalized spacial score (nSPS) is 18.8. The minimum Gasteiger partial charge on any atom is -0.386 e. The molecular weight excluding hydrogens is 916 g/mol. The van der Waals surface area contributed by atoms with E-state index in [4.69, 9.17) is 25.9 Å². The Morgan fingerprint density at radius 3 is 2.58 bits per heavy atom. The number of carbonyl (C=O) groups is 4. The van der Waals surface area contributed by atoms with Gasteiger partial charge in [-0.3, -0.25) is 24.2 Å². The first-order chi connectivity index (χ1) is 31.4. The fourth-order valence-electron chi connectivity index (χ4n) is 7.45. The van der Waals surface area contributed by atoms with Crippen molar-refractivity contribution in [3.05, 3.63) is 105 Å². The number of hydrogen-bond acceptors (Lipinski definition) is 11. The second kappa shape index (κ2) is 26.3. The molecule has 0 radical (unpaired) electrons. The summed E-state index contributed by atoms with van der Waals surface area (Å²) in [6.45, 7) is 6.71. The predicted molar refractivity (Wildman–Crippen MR) is 257 cm³/mol. The zero-order chi connectivity index (χ0) is 46.6. The first kappa shape index (κ1) is 50.3. The summed E-state index contributed by atoms with van der Waals surface area (Å²) < 4.78 is 12.2. The van der Waals surface area contributed by atoms with Crippen molar-refractivity contribution < 1.29 is 33.5 Å². The quantitative estimate of drug-likeness (QED) is 0.0267. The van der Waals surface area contributed by atoms with Crippen LogP contribution in [0.3, 0.4) is 0 Å². The van der Waals surface area contributed by atoms with Gasteiger partial charge in [-0.1, -0.05) is 54.4 Å². The van der Waals surface area contributed by atoms with Gasteiger partial charge in [0.2, 0.25) is 5.91 Å². The zero-order valence-corrected chi connectivity index (χ0v) is 39.3. The molecule has 5 rings (SSSR count). The summed E-state index contributed by atoms with van der Waals surface area (Å²) in [4.78, 5) is 66.7. The minimum absolute atomic E-state index is 0.0264. The molecule has 0 saturated heterocycles. The first-order valence-electron chi connectivity index (χ1n) is 21.8. The smallest absolute Gasteiger partial charge is 0.262 e. The molecule has 2 aromatic carbocycles. The number of halogens is 2. The number of nitriles is 1. The van der Waals surface area contributed by atoms with Crippen LogP contribution >= 0.6 is 27.5 Å². The van der Waals surface area contributed by atoms with E-state index < -0.39 is 5.91 Å². The third-order valence-corrected chi connectivity index (χ3v) is 11.3. The van der Waals surface area contributed by atoms with Gasteiger partial charge in [-0.05, 0) is 115 Å². The molecule has 65 heavy (non-hydrogen) atoms. The largest absolute Gasteiger partial charge is 0.386 e. The van der Waals surface area contributed by atoms with Gasteiger partial charge in [0.1, 0.15) is 16.2 Å². The number of nitrogens with one attached hydrogen (secondary N) is 3. The number of hydrogen-bond donors (Lipinski definition) is 3. The van der Waals surface area contributed by atoms with Gasteiger partial charge in [0.25, 0.3) is 17.7 Å². The molecule has 4 amide bonds. The number of oxime groups is 1. The molecule has 2 aromatic rings. The number of nitrogens with zero attached hydrogens (tertiary/aromatic N) is 5. The van der Waals surface area contributed by atoms with Crippen molar-refractivity contribution in [3.8, 4) is 6.07 Å².